The first kappa shape index (κ1) is 27.6. The number of hydrogen-bond acceptors (Lipinski definition) is 7. The van der Waals surface area contributed by atoms with Crippen molar-refractivity contribution in [2.45, 2.75) is 19.8 Å². The summed E-state index contributed by atoms with van der Waals surface area (Å²) in [5.41, 5.74) is 3.68. The number of rotatable bonds is 11. The van der Waals surface area contributed by atoms with Gasteiger partial charge in [0.15, 0.2) is 0 Å². The van der Waals surface area contributed by atoms with Crippen molar-refractivity contribution < 1.29 is 19.1 Å². The van der Waals surface area contributed by atoms with Crippen LogP contribution >= 0.6 is 11.3 Å². The number of aryl methyl sites for hydroxylation is 1. The van der Waals surface area contributed by atoms with Crippen molar-refractivity contribution in [2.24, 2.45) is 0 Å². The van der Waals surface area contributed by atoms with E-state index in [1.54, 1.807) is 30.2 Å². The fourth-order valence-corrected chi connectivity index (χ4v) is 4.66. The van der Waals surface area contributed by atoms with E-state index < -0.39 is 0 Å². The number of benzene rings is 3. The van der Waals surface area contributed by atoms with Gasteiger partial charge in [-0.1, -0.05) is 65.4 Å². The molecule has 1 heterocycles. The lowest BCUT2D eigenvalue weighted by Gasteiger charge is -2.23. The minimum Gasteiger partial charge on any atom is -0.497 e. The lowest BCUT2D eigenvalue weighted by molar-refractivity contribution is -0.116. The number of anilines is 2. The second-order valence-corrected chi connectivity index (χ2v) is 9.78. The molecule has 0 bridgehead atoms. The fourth-order valence-electron chi connectivity index (χ4n) is 3.91. The maximum absolute atomic E-state index is 13.3. The Bertz CT molecular complexity index is 1410. The molecule has 0 spiro atoms. The lowest BCUT2D eigenvalue weighted by Crippen LogP contribution is -2.38. The maximum Gasteiger partial charge on any atom is 0.321 e. The lowest BCUT2D eigenvalue weighted by atomic mass is 10.1. The summed E-state index contributed by atoms with van der Waals surface area (Å²) >= 11 is 1.31. The van der Waals surface area contributed by atoms with E-state index in [2.05, 4.69) is 20.8 Å². The van der Waals surface area contributed by atoms with Crippen LogP contribution in [0.2, 0.25) is 0 Å². The molecule has 0 unspecified atom stereocenters. The van der Waals surface area contributed by atoms with Gasteiger partial charge < -0.3 is 25.0 Å². The largest absolute Gasteiger partial charge is 0.497 e. The minimum absolute atomic E-state index is 0.0985. The molecule has 0 saturated heterocycles. The van der Waals surface area contributed by atoms with Gasteiger partial charge in [0.25, 0.3) is 0 Å². The zero-order chi connectivity index (χ0) is 27.6. The first-order chi connectivity index (χ1) is 18.9. The molecule has 9 nitrogen and oxygen atoms in total. The van der Waals surface area contributed by atoms with E-state index in [-0.39, 0.29) is 24.9 Å². The number of aromatic nitrogens is 2. The Labute approximate surface area is 231 Å². The number of nitrogens with one attached hydrogen (secondary N) is 2. The molecule has 3 aromatic carbocycles. The number of hydrogen-bond donors (Lipinski definition) is 2. The van der Waals surface area contributed by atoms with Crippen LogP contribution in [0.25, 0.3) is 10.6 Å². The predicted molar refractivity (Wildman–Crippen MR) is 154 cm³/mol. The van der Waals surface area contributed by atoms with Crippen molar-refractivity contribution in [2.75, 3.05) is 37.9 Å². The molecular formula is C29H31N5O4S. The van der Waals surface area contributed by atoms with E-state index >= 15 is 0 Å². The van der Waals surface area contributed by atoms with Gasteiger partial charge in [-0.2, -0.15) is 0 Å². The van der Waals surface area contributed by atoms with E-state index in [0.29, 0.717) is 35.3 Å². The summed E-state index contributed by atoms with van der Waals surface area (Å²) in [7, 11) is 3.09. The Kier molecular flexibility index (Phi) is 9.47. The van der Waals surface area contributed by atoms with Gasteiger partial charge in [-0.05, 0) is 37.1 Å². The number of urea groups is 1. The summed E-state index contributed by atoms with van der Waals surface area (Å²) in [5.74, 6) is 0.843. The van der Waals surface area contributed by atoms with Gasteiger partial charge in [0.05, 0.1) is 19.9 Å². The maximum atomic E-state index is 13.3. The van der Waals surface area contributed by atoms with Crippen LogP contribution in [0.4, 0.5) is 15.6 Å². The first-order valence-electron chi connectivity index (χ1n) is 12.5. The zero-order valence-corrected chi connectivity index (χ0v) is 23.0. The van der Waals surface area contributed by atoms with Crippen LogP contribution in [0.15, 0.2) is 72.8 Å². The van der Waals surface area contributed by atoms with Gasteiger partial charge in [-0.3, -0.25) is 4.79 Å². The SMILES string of the molecule is COc1ccc(NC(=O)N(CCC(=O)Nc2nnc(-c3cccc(C)c3)s2)CCc2ccccc2)c(OC)c1. The van der Waals surface area contributed by atoms with Gasteiger partial charge in [-0.15, -0.1) is 10.2 Å². The first-order valence-corrected chi connectivity index (χ1v) is 13.3. The van der Waals surface area contributed by atoms with Crippen molar-refractivity contribution in [3.63, 3.8) is 0 Å². The van der Waals surface area contributed by atoms with Gasteiger partial charge in [0.2, 0.25) is 11.0 Å². The Morgan fingerprint density at radius 2 is 1.72 bits per heavy atom. The van der Waals surface area contributed by atoms with E-state index in [4.69, 9.17) is 9.47 Å². The highest BCUT2D eigenvalue weighted by Crippen LogP contribution is 2.29. The number of amides is 3. The Hall–Kier alpha value is -4.44. The monoisotopic (exact) mass is 545 g/mol. The summed E-state index contributed by atoms with van der Waals surface area (Å²) in [6, 6.07) is 22.7. The standard InChI is InChI=1S/C29H31N5O4S/c1-20-8-7-11-22(18-20)27-32-33-28(39-27)31-26(35)15-17-34(16-14-21-9-5-4-6-10-21)29(36)30-24-13-12-23(37-2)19-25(24)38-3/h4-13,18-19H,14-17H2,1-3H3,(H,30,36)(H,31,33,35). The van der Waals surface area contributed by atoms with Crippen molar-refractivity contribution >= 4 is 34.1 Å². The number of methoxy groups -OCH3 is 2. The molecule has 0 radical (unpaired) electrons. The summed E-state index contributed by atoms with van der Waals surface area (Å²) in [6.45, 7) is 2.65. The third-order valence-corrected chi connectivity index (χ3v) is 6.88. The molecule has 2 N–H and O–H groups in total. The van der Waals surface area contributed by atoms with Gasteiger partial charge in [-0.25, -0.2) is 4.79 Å². The number of carbonyl (C=O) groups excluding carboxylic acids is 2. The Balaban J connectivity index is 1.40. The van der Waals surface area contributed by atoms with Crippen LogP contribution in [0, 0.1) is 6.92 Å². The normalized spacial score (nSPS) is 10.5. The molecule has 3 amide bonds. The van der Waals surface area contributed by atoms with Crippen molar-refractivity contribution in [1.82, 2.24) is 15.1 Å². The van der Waals surface area contributed by atoms with Crippen LogP contribution < -0.4 is 20.1 Å². The second kappa shape index (κ2) is 13.4. The molecule has 0 atom stereocenters. The molecule has 0 saturated carbocycles. The molecule has 0 fully saturated rings. The van der Waals surface area contributed by atoms with Crippen LogP contribution in [0.1, 0.15) is 17.5 Å². The average Bonchev–Trinajstić information content (AvgIpc) is 3.42. The van der Waals surface area contributed by atoms with Crippen molar-refractivity contribution in [1.29, 1.82) is 0 Å². The molecule has 0 aliphatic heterocycles. The molecule has 0 aliphatic carbocycles. The highest BCUT2D eigenvalue weighted by molar-refractivity contribution is 7.18. The summed E-state index contributed by atoms with van der Waals surface area (Å²) in [5, 5.41) is 15.2. The van der Waals surface area contributed by atoms with E-state index in [0.717, 1.165) is 21.7 Å². The van der Waals surface area contributed by atoms with Gasteiger partial charge in [0, 0.05) is 31.1 Å². The van der Waals surface area contributed by atoms with E-state index in [1.807, 2.05) is 61.5 Å². The Morgan fingerprint density at radius 1 is 0.897 bits per heavy atom. The van der Waals surface area contributed by atoms with Crippen molar-refractivity contribution in [3.05, 3.63) is 83.9 Å². The Morgan fingerprint density at radius 3 is 2.46 bits per heavy atom. The van der Waals surface area contributed by atoms with E-state index in [9.17, 15) is 9.59 Å². The second-order valence-electron chi connectivity index (χ2n) is 8.80. The summed E-state index contributed by atoms with van der Waals surface area (Å²) in [4.78, 5) is 27.7. The van der Waals surface area contributed by atoms with Gasteiger partial charge in [0.1, 0.15) is 16.5 Å². The minimum atomic E-state index is -0.333. The zero-order valence-electron chi connectivity index (χ0n) is 22.1. The number of ether oxygens (including phenoxy) is 2. The molecular weight excluding hydrogens is 514 g/mol. The number of carbonyl (C=O) groups is 2. The van der Waals surface area contributed by atoms with Crippen LogP contribution in [0.3, 0.4) is 0 Å². The number of nitrogens with zero attached hydrogens (tertiary/aromatic N) is 3. The summed E-state index contributed by atoms with van der Waals surface area (Å²) in [6.07, 6.45) is 0.743. The van der Waals surface area contributed by atoms with Crippen molar-refractivity contribution in [3.8, 4) is 22.1 Å². The molecule has 1 aromatic heterocycles. The quantitative estimate of drug-likeness (QED) is 0.253. The molecule has 4 rings (SSSR count). The highest BCUT2D eigenvalue weighted by Gasteiger charge is 2.18. The topological polar surface area (TPSA) is 106 Å². The average molecular weight is 546 g/mol. The third kappa shape index (κ3) is 7.78. The summed E-state index contributed by atoms with van der Waals surface area (Å²) < 4.78 is 10.7. The molecule has 10 heteroatoms. The van der Waals surface area contributed by atoms with E-state index in [1.165, 1.54) is 18.4 Å². The van der Waals surface area contributed by atoms with Crippen LogP contribution in [-0.2, 0) is 11.2 Å². The van der Waals surface area contributed by atoms with Crippen LogP contribution in [-0.4, -0.2) is 54.3 Å². The predicted octanol–water partition coefficient (Wildman–Crippen LogP) is 5.64. The molecule has 0 aliphatic rings. The molecule has 202 valence electrons. The smallest absolute Gasteiger partial charge is 0.321 e. The third-order valence-electron chi connectivity index (χ3n) is 6.00. The molecule has 39 heavy (non-hydrogen) atoms. The van der Waals surface area contributed by atoms with Crippen LogP contribution in [0.5, 0.6) is 11.5 Å². The fraction of sp³-hybridized carbons (Fsp3) is 0.241. The highest BCUT2D eigenvalue weighted by atomic mass is 32.1. The molecule has 4 aromatic rings. The van der Waals surface area contributed by atoms with Gasteiger partial charge >= 0.3 is 6.03 Å².